The fourth-order valence-electron chi connectivity index (χ4n) is 5.57. The van der Waals surface area contributed by atoms with Gasteiger partial charge in [0.25, 0.3) is 0 Å². The minimum Gasteiger partial charge on any atom is -0.474 e. The third-order valence-electron chi connectivity index (χ3n) is 8.10. The van der Waals surface area contributed by atoms with Gasteiger partial charge in [-0.05, 0) is 49.1 Å². The minimum absolute atomic E-state index is 0.0276. The number of imidazole rings is 1. The third kappa shape index (κ3) is 6.66. The lowest BCUT2D eigenvalue weighted by Gasteiger charge is -2.32. The summed E-state index contributed by atoms with van der Waals surface area (Å²) in [6.45, 7) is 3.27. The van der Waals surface area contributed by atoms with Crippen molar-refractivity contribution in [2.24, 2.45) is 0 Å². The molecule has 4 aromatic heterocycles. The van der Waals surface area contributed by atoms with Crippen molar-refractivity contribution in [3.63, 3.8) is 0 Å². The summed E-state index contributed by atoms with van der Waals surface area (Å²) < 4.78 is 67.2. The van der Waals surface area contributed by atoms with Gasteiger partial charge in [0.05, 0.1) is 19.2 Å². The van der Waals surface area contributed by atoms with Gasteiger partial charge in [0, 0.05) is 42.9 Å². The molecule has 11 nitrogen and oxygen atoms in total. The number of piperidine rings is 1. The molecule has 2 saturated heterocycles. The highest BCUT2D eigenvalue weighted by atomic mass is 35.5. The number of nitrogens with zero attached hydrogens (tertiary/aromatic N) is 8. The van der Waals surface area contributed by atoms with Crippen LogP contribution in [0.15, 0.2) is 42.5 Å². The first-order valence-corrected chi connectivity index (χ1v) is 15.2. The molecule has 0 saturated carbocycles. The fraction of sp³-hybridized carbons (Fsp3) is 0.400. The monoisotopic (exact) mass is 657 g/mol. The predicted octanol–water partition coefficient (Wildman–Crippen LogP) is 5.24. The number of aromatic nitrogens is 8. The van der Waals surface area contributed by atoms with Gasteiger partial charge in [0.15, 0.2) is 11.5 Å². The summed E-state index contributed by atoms with van der Waals surface area (Å²) in [5, 5.41) is 15.5. The number of halogens is 5. The minimum atomic E-state index is -4.65. The van der Waals surface area contributed by atoms with E-state index in [9.17, 15) is 17.6 Å². The van der Waals surface area contributed by atoms with Crippen LogP contribution in [0.5, 0.6) is 5.88 Å². The van der Waals surface area contributed by atoms with E-state index in [1.807, 2.05) is 16.7 Å². The predicted molar refractivity (Wildman–Crippen MR) is 157 cm³/mol. The molecule has 16 heteroatoms. The highest BCUT2D eigenvalue weighted by Gasteiger charge is 2.36. The van der Waals surface area contributed by atoms with Gasteiger partial charge in [-0.2, -0.15) is 13.2 Å². The summed E-state index contributed by atoms with van der Waals surface area (Å²) in [5.41, 5.74) is 2.33. The second-order valence-corrected chi connectivity index (χ2v) is 11.8. The van der Waals surface area contributed by atoms with Crippen LogP contribution in [0.4, 0.5) is 17.6 Å². The zero-order valence-corrected chi connectivity index (χ0v) is 25.1. The van der Waals surface area contributed by atoms with Crippen molar-refractivity contribution in [2.75, 3.05) is 19.7 Å². The number of nitrogens with one attached hydrogen (secondary N) is 1. The van der Waals surface area contributed by atoms with Crippen LogP contribution < -0.4 is 4.74 Å². The van der Waals surface area contributed by atoms with Crippen LogP contribution in [0.2, 0.25) is 5.02 Å². The second kappa shape index (κ2) is 12.5. The molecule has 240 valence electrons. The molecule has 1 atom stereocenters. The number of rotatable bonds is 9. The Balaban J connectivity index is 1.02. The second-order valence-electron chi connectivity index (χ2n) is 11.4. The maximum atomic E-state index is 14.3. The van der Waals surface area contributed by atoms with E-state index in [0.29, 0.717) is 59.4 Å². The van der Waals surface area contributed by atoms with Crippen LogP contribution >= 0.6 is 11.6 Å². The van der Waals surface area contributed by atoms with Crippen molar-refractivity contribution in [1.82, 2.24) is 44.8 Å². The van der Waals surface area contributed by atoms with E-state index in [0.717, 1.165) is 38.2 Å². The molecular weight excluding hydrogens is 630 g/mol. The highest BCUT2D eigenvalue weighted by molar-refractivity contribution is 6.30. The number of ether oxygens (including phenoxy) is 2. The van der Waals surface area contributed by atoms with Crippen molar-refractivity contribution >= 4 is 22.8 Å². The van der Waals surface area contributed by atoms with Crippen molar-refractivity contribution < 1.29 is 27.0 Å². The largest absolute Gasteiger partial charge is 0.474 e. The molecule has 1 unspecified atom stereocenters. The molecule has 0 bridgehead atoms. The van der Waals surface area contributed by atoms with Crippen LogP contribution in [0.3, 0.4) is 0 Å². The molecule has 2 fully saturated rings. The van der Waals surface area contributed by atoms with Crippen LogP contribution in [-0.2, 0) is 30.4 Å². The van der Waals surface area contributed by atoms with E-state index < -0.39 is 12.0 Å². The number of hydrogen-bond acceptors (Lipinski definition) is 9. The first-order chi connectivity index (χ1) is 22.2. The maximum Gasteiger partial charge on any atom is 0.451 e. The number of benzene rings is 1. The van der Waals surface area contributed by atoms with Crippen LogP contribution in [-0.4, -0.2) is 76.7 Å². The Hall–Kier alpha value is -4.21. The lowest BCUT2D eigenvalue weighted by Crippen LogP contribution is -2.39. The Morgan fingerprint density at radius 1 is 1.00 bits per heavy atom. The van der Waals surface area contributed by atoms with Gasteiger partial charge >= 0.3 is 6.18 Å². The number of pyridine rings is 1. The normalized spacial score (nSPS) is 17.8. The number of aromatic amines is 1. The van der Waals surface area contributed by atoms with E-state index in [-0.39, 0.29) is 29.5 Å². The molecule has 6 heterocycles. The SMILES string of the molecule is Fc1cc(Cl)ccc1Cc1cccc(OC2CCN(Cc3nc4cc(-c5nnc(C(F)(F)F)[nH]5)nnc4n3CC3CCO3)CC2)n1. The smallest absolute Gasteiger partial charge is 0.451 e. The van der Waals surface area contributed by atoms with Crippen LogP contribution in [0, 0.1) is 5.82 Å². The molecular formula is C30H28ClF4N9O2. The molecule has 0 spiro atoms. The van der Waals surface area contributed by atoms with Crippen LogP contribution in [0.1, 0.15) is 42.2 Å². The summed E-state index contributed by atoms with van der Waals surface area (Å²) in [6.07, 6.45) is -1.90. The number of likely N-dealkylation sites (tertiary alicyclic amines) is 1. The van der Waals surface area contributed by atoms with E-state index in [2.05, 4.69) is 35.3 Å². The van der Waals surface area contributed by atoms with Gasteiger partial charge in [0.2, 0.25) is 11.7 Å². The Morgan fingerprint density at radius 2 is 1.83 bits per heavy atom. The summed E-state index contributed by atoms with van der Waals surface area (Å²) >= 11 is 5.87. The van der Waals surface area contributed by atoms with E-state index in [1.165, 1.54) is 6.07 Å². The molecule has 0 aliphatic carbocycles. The molecule has 5 aromatic rings. The quantitative estimate of drug-likeness (QED) is 0.212. The number of alkyl halides is 3. The number of fused-ring (bicyclic) bond motifs is 1. The average Bonchev–Trinajstić information content (AvgIpc) is 3.63. The topological polar surface area (TPSA) is 120 Å². The van der Waals surface area contributed by atoms with Crippen molar-refractivity contribution in [3.8, 4) is 17.4 Å². The first kappa shape index (κ1) is 30.4. The summed E-state index contributed by atoms with van der Waals surface area (Å²) in [4.78, 5) is 13.8. The van der Waals surface area contributed by atoms with Gasteiger partial charge in [-0.25, -0.2) is 14.4 Å². The van der Waals surface area contributed by atoms with Gasteiger partial charge in [-0.15, -0.1) is 20.4 Å². The Labute approximate surface area is 264 Å². The fourth-order valence-corrected chi connectivity index (χ4v) is 5.73. The highest BCUT2D eigenvalue weighted by Crippen LogP contribution is 2.29. The standard InChI is InChI=1S/C30H28ClF4N9O2/c31-18-5-4-17(22(32)13-18)12-19-2-1-3-26(36-19)46-20-6-9-43(10-7-20)16-25-37-24-14-23(27-38-29(42-40-27)30(33,34)35)39-41-28(24)44(25)15-21-8-11-45-21/h1-5,13-14,20-21H,6-12,15-16H2,(H,38,40,42). The molecule has 7 rings (SSSR count). The maximum absolute atomic E-state index is 14.3. The Bertz CT molecular complexity index is 1850. The van der Waals surface area contributed by atoms with Crippen molar-refractivity contribution in [3.05, 3.63) is 76.2 Å². The molecule has 0 radical (unpaired) electrons. The summed E-state index contributed by atoms with van der Waals surface area (Å²) in [7, 11) is 0. The zero-order chi connectivity index (χ0) is 31.8. The molecule has 0 amide bonds. The molecule has 1 aromatic carbocycles. The Morgan fingerprint density at radius 3 is 2.54 bits per heavy atom. The van der Waals surface area contributed by atoms with E-state index >= 15 is 0 Å². The van der Waals surface area contributed by atoms with Crippen LogP contribution in [0.25, 0.3) is 22.7 Å². The molecule has 1 N–H and O–H groups in total. The van der Waals surface area contributed by atoms with E-state index in [1.54, 1.807) is 24.3 Å². The van der Waals surface area contributed by atoms with E-state index in [4.69, 9.17) is 26.1 Å². The van der Waals surface area contributed by atoms with Gasteiger partial charge in [-0.1, -0.05) is 23.7 Å². The Kier molecular flexibility index (Phi) is 8.29. The third-order valence-corrected chi connectivity index (χ3v) is 8.34. The van der Waals surface area contributed by atoms with Gasteiger partial charge in [0.1, 0.15) is 29.0 Å². The molecule has 2 aliphatic heterocycles. The lowest BCUT2D eigenvalue weighted by atomic mass is 10.1. The van der Waals surface area contributed by atoms with Crippen molar-refractivity contribution in [2.45, 2.75) is 57.2 Å². The van der Waals surface area contributed by atoms with Crippen molar-refractivity contribution in [1.29, 1.82) is 0 Å². The first-order valence-electron chi connectivity index (χ1n) is 14.8. The molecule has 2 aliphatic rings. The summed E-state index contributed by atoms with van der Waals surface area (Å²) in [6, 6.07) is 11.7. The molecule has 46 heavy (non-hydrogen) atoms. The number of hydrogen-bond donors (Lipinski definition) is 1. The average molecular weight is 658 g/mol. The lowest BCUT2D eigenvalue weighted by molar-refractivity contribution is -0.144. The number of H-pyrrole nitrogens is 1. The van der Waals surface area contributed by atoms with Gasteiger partial charge in [-0.3, -0.25) is 4.90 Å². The zero-order valence-electron chi connectivity index (χ0n) is 24.3. The summed E-state index contributed by atoms with van der Waals surface area (Å²) in [5.74, 6) is -0.463. The van der Waals surface area contributed by atoms with Gasteiger partial charge < -0.3 is 19.0 Å².